The van der Waals surface area contributed by atoms with Crippen molar-refractivity contribution in [3.63, 3.8) is 0 Å². The van der Waals surface area contributed by atoms with Gasteiger partial charge in [0.1, 0.15) is 0 Å². The summed E-state index contributed by atoms with van der Waals surface area (Å²) in [5.74, 6) is 0.954. The van der Waals surface area contributed by atoms with Gasteiger partial charge in [-0.15, -0.1) is 0 Å². The SMILES string of the molecule is CCCCCCCCCC(CC)CCN(CC(O)CO)C(=O)CCC.CCCCCCCCCCCCCCCCCCN(CC(O)CO)C(=O)CC.CCCCCCCCCCCCN(CC(O)CO)C(=O)CCCCCCCCC. The monoisotopic (exact) mass is 1170 g/mol. The summed E-state index contributed by atoms with van der Waals surface area (Å²) in [6.07, 6.45) is 55.2. The van der Waals surface area contributed by atoms with Crippen LogP contribution in [-0.2, 0) is 14.4 Å². The minimum atomic E-state index is -0.830. The zero-order chi connectivity index (χ0) is 61.4. The first-order valence-corrected chi connectivity index (χ1v) is 35.6. The quantitative estimate of drug-likeness (QED) is 0.0323. The van der Waals surface area contributed by atoms with Crippen molar-refractivity contribution in [1.82, 2.24) is 14.7 Å². The van der Waals surface area contributed by atoms with E-state index in [1.165, 1.54) is 225 Å². The van der Waals surface area contributed by atoms with Crippen molar-refractivity contribution in [3.05, 3.63) is 0 Å². The van der Waals surface area contributed by atoms with Crippen LogP contribution in [0.5, 0.6) is 0 Å². The van der Waals surface area contributed by atoms with Gasteiger partial charge in [0, 0.05) is 58.5 Å². The maximum Gasteiger partial charge on any atom is 0.222 e. The maximum absolute atomic E-state index is 12.6. The molecule has 0 aliphatic rings. The average molecular weight is 1170 g/mol. The van der Waals surface area contributed by atoms with E-state index in [2.05, 4.69) is 34.6 Å². The van der Waals surface area contributed by atoms with Crippen LogP contribution >= 0.6 is 0 Å². The largest absolute Gasteiger partial charge is 0.394 e. The van der Waals surface area contributed by atoms with Crippen LogP contribution in [0, 0.1) is 5.92 Å². The summed E-state index contributed by atoms with van der Waals surface area (Å²) >= 11 is 0. The summed E-state index contributed by atoms with van der Waals surface area (Å²) in [6, 6.07) is 0. The number of amides is 3. The molecule has 4 atom stereocenters. The van der Waals surface area contributed by atoms with Crippen LogP contribution in [0.15, 0.2) is 0 Å². The predicted octanol–water partition coefficient (Wildman–Crippen LogP) is 16.6. The number of nitrogens with zero attached hydrogens (tertiary/aromatic N) is 3. The minimum Gasteiger partial charge on any atom is -0.394 e. The first kappa shape index (κ1) is 84.4. The normalized spacial score (nSPS) is 12.7. The zero-order valence-corrected chi connectivity index (χ0v) is 55.7. The van der Waals surface area contributed by atoms with Crippen LogP contribution in [-0.4, -0.2) is 140 Å². The molecule has 0 spiro atoms. The second-order valence-electron chi connectivity index (χ2n) is 24.5. The van der Waals surface area contributed by atoms with E-state index in [4.69, 9.17) is 15.3 Å². The molecule has 4 unspecified atom stereocenters. The molecule has 0 bridgehead atoms. The number of hydrogen-bond acceptors (Lipinski definition) is 9. The fourth-order valence-electron chi connectivity index (χ4n) is 10.8. The molecule has 0 aromatic carbocycles. The van der Waals surface area contributed by atoms with Crippen LogP contribution in [0.1, 0.15) is 350 Å². The molecule has 82 heavy (non-hydrogen) atoms. The Hall–Kier alpha value is -1.83. The molecule has 0 aromatic rings. The molecule has 0 radical (unpaired) electrons. The van der Waals surface area contributed by atoms with E-state index in [1.54, 1.807) is 14.7 Å². The lowest BCUT2D eigenvalue weighted by atomic mass is 9.94. The summed E-state index contributed by atoms with van der Waals surface area (Å²) in [7, 11) is 0. The Balaban J connectivity index is -0.00000114. The molecule has 0 fully saturated rings. The van der Waals surface area contributed by atoms with E-state index in [9.17, 15) is 29.7 Å². The van der Waals surface area contributed by atoms with Gasteiger partial charge in [-0.1, -0.05) is 299 Å². The first-order valence-electron chi connectivity index (χ1n) is 35.6. The van der Waals surface area contributed by atoms with Gasteiger partial charge in [0.05, 0.1) is 38.1 Å². The summed E-state index contributed by atoms with van der Waals surface area (Å²) < 4.78 is 0. The van der Waals surface area contributed by atoms with E-state index in [1.807, 2.05) is 13.8 Å². The number of unbranched alkanes of at least 4 members (excludes halogenated alkanes) is 36. The van der Waals surface area contributed by atoms with E-state index in [0.29, 0.717) is 44.8 Å². The second-order valence-corrected chi connectivity index (χ2v) is 24.5. The van der Waals surface area contributed by atoms with Crippen LogP contribution in [0.3, 0.4) is 0 Å². The Morgan fingerprint density at radius 3 is 0.854 bits per heavy atom. The molecule has 0 aliphatic carbocycles. The Labute approximate surface area is 508 Å². The van der Waals surface area contributed by atoms with E-state index in [0.717, 1.165) is 57.8 Å². The van der Waals surface area contributed by atoms with Crippen molar-refractivity contribution < 1.29 is 45.0 Å². The number of aliphatic hydroxyl groups excluding tert-OH is 6. The lowest BCUT2D eigenvalue weighted by Crippen LogP contribution is -2.39. The highest BCUT2D eigenvalue weighted by Gasteiger charge is 2.20. The Kier molecular flexibility index (Phi) is 70.3. The topological polar surface area (TPSA) is 182 Å². The van der Waals surface area contributed by atoms with Gasteiger partial charge >= 0.3 is 0 Å². The molecular formula is C70H143N3O9. The van der Waals surface area contributed by atoms with Crippen molar-refractivity contribution >= 4 is 17.7 Å². The molecule has 3 amide bonds. The van der Waals surface area contributed by atoms with Gasteiger partial charge in [-0.25, -0.2) is 0 Å². The van der Waals surface area contributed by atoms with E-state index < -0.39 is 18.3 Å². The van der Waals surface area contributed by atoms with Gasteiger partial charge in [0.15, 0.2) is 0 Å². The average Bonchev–Trinajstić information content (AvgIpc) is 3.49. The number of hydrogen-bond donors (Lipinski definition) is 6. The number of aliphatic hydroxyl groups is 6. The predicted molar refractivity (Wildman–Crippen MR) is 349 cm³/mol. The molecule has 0 rings (SSSR count). The fourth-order valence-corrected chi connectivity index (χ4v) is 10.8. The van der Waals surface area contributed by atoms with Gasteiger partial charge < -0.3 is 45.3 Å². The van der Waals surface area contributed by atoms with Crippen LogP contribution in [0.25, 0.3) is 0 Å². The molecule has 492 valence electrons. The summed E-state index contributed by atoms with van der Waals surface area (Å²) in [4.78, 5) is 41.9. The Morgan fingerprint density at radius 2 is 0.561 bits per heavy atom. The highest BCUT2D eigenvalue weighted by atomic mass is 16.3. The van der Waals surface area contributed by atoms with Crippen molar-refractivity contribution in [2.24, 2.45) is 5.92 Å². The van der Waals surface area contributed by atoms with Gasteiger partial charge in [-0.3, -0.25) is 14.4 Å². The van der Waals surface area contributed by atoms with Gasteiger partial charge in [0.2, 0.25) is 17.7 Å². The lowest BCUT2D eigenvalue weighted by Gasteiger charge is -2.27. The van der Waals surface area contributed by atoms with Crippen molar-refractivity contribution in [2.45, 2.75) is 369 Å². The van der Waals surface area contributed by atoms with Crippen LogP contribution in [0.2, 0.25) is 0 Å². The van der Waals surface area contributed by atoms with Gasteiger partial charge in [0.25, 0.3) is 0 Å². The van der Waals surface area contributed by atoms with Gasteiger partial charge in [-0.05, 0) is 38.0 Å². The van der Waals surface area contributed by atoms with Crippen molar-refractivity contribution in [2.75, 3.05) is 59.1 Å². The molecule has 12 heteroatoms. The molecule has 12 nitrogen and oxygen atoms in total. The van der Waals surface area contributed by atoms with E-state index >= 15 is 0 Å². The third kappa shape index (κ3) is 59.9. The third-order valence-corrected chi connectivity index (χ3v) is 16.4. The maximum atomic E-state index is 12.6. The van der Waals surface area contributed by atoms with Crippen LogP contribution in [0.4, 0.5) is 0 Å². The smallest absolute Gasteiger partial charge is 0.222 e. The number of carbonyl (C=O) groups is 3. The Morgan fingerprint density at radius 1 is 0.293 bits per heavy atom. The summed E-state index contributed by atoms with van der Waals surface area (Å²) in [6.45, 7) is 17.1. The molecule has 0 saturated carbocycles. The molecular weight excluding hydrogens is 1030 g/mol. The lowest BCUT2D eigenvalue weighted by molar-refractivity contribution is -0.134. The van der Waals surface area contributed by atoms with E-state index in [-0.39, 0.29) is 57.2 Å². The highest BCUT2D eigenvalue weighted by molar-refractivity contribution is 5.76. The molecule has 0 saturated heterocycles. The zero-order valence-electron chi connectivity index (χ0n) is 55.7. The van der Waals surface area contributed by atoms with Crippen LogP contribution < -0.4 is 0 Å². The molecule has 6 N–H and O–H groups in total. The standard InChI is InChI=1S/C25H51NO3.C24H49NO3.C21H43NO3/c1-3-5-7-9-11-12-13-15-17-19-21-26(22-24(28)23-27)25(29)20-18-16-14-10-8-6-4-2;1-3-5-6-7-8-9-10-11-12-13-14-15-16-17-18-19-20-25(24(28)4-2)21-23(27)22-26;1-4-7-8-9-10-11-12-14-19(6-3)15-16-22(17-20(24)18-23)21(25)13-5-2/h24,27-28H,3-23H2,1-2H3;23,26-27H,3-22H2,1-2H3;19-20,23-24H,4-18H2,1-3H3. The molecule has 0 aromatic heterocycles. The minimum absolute atomic E-state index is 0.0634. The first-order chi connectivity index (χ1) is 39.9. The summed E-state index contributed by atoms with van der Waals surface area (Å²) in [5, 5.41) is 56.2. The van der Waals surface area contributed by atoms with Crippen molar-refractivity contribution in [1.29, 1.82) is 0 Å². The van der Waals surface area contributed by atoms with Crippen molar-refractivity contribution in [3.8, 4) is 0 Å². The second kappa shape index (κ2) is 68.3. The number of rotatable bonds is 60. The fraction of sp³-hybridized carbons (Fsp3) is 0.957. The van der Waals surface area contributed by atoms with Gasteiger partial charge in [-0.2, -0.15) is 0 Å². The Bertz CT molecular complexity index is 1300. The highest BCUT2D eigenvalue weighted by Crippen LogP contribution is 2.21. The number of carbonyl (C=O) groups excluding carboxylic acids is 3. The third-order valence-electron chi connectivity index (χ3n) is 16.4. The summed E-state index contributed by atoms with van der Waals surface area (Å²) in [5.41, 5.74) is 0. The molecule has 0 heterocycles. The molecule has 0 aliphatic heterocycles.